The largest absolute Gasteiger partial charge is 0.503 e. The number of nitrogens with zero attached hydrogens (tertiary/aromatic N) is 3. The average molecular weight is 397 g/mol. The lowest BCUT2D eigenvalue weighted by molar-refractivity contribution is -0.384. The number of non-ortho nitro benzene ring substituents is 1. The summed E-state index contributed by atoms with van der Waals surface area (Å²) in [5, 5.41) is 23.5. The fourth-order valence-corrected chi connectivity index (χ4v) is 3.70. The number of thiazole rings is 1. The maximum atomic E-state index is 12.9. The number of benzene rings is 1. The summed E-state index contributed by atoms with van der Waals surface area (Å²) < 4.78 is 5.12. The Bertz CT molecular complexity index is 1100. The minimum Gasteiger partial charge on any atom is -0.503 e. The van der Waals surface area contributed by atoms with Crippen molar-refractivity contribution in [2.45, 2.75) is 6.04 Å². The zero-order valence-corrected chi connectivity index (χ0v) is 14.8. The minimum atomic E-state index is -1.09. The van der Waals surface area contributed by atoms with Crippen molar-refractivity contribution in [2.75, 3.05) is 4.90 Å². The number of rotatable bonds is 5. The smallest absolute Gasteiger partial charge is 0.296 e. The van der Waals surface area contributed by atoms with Crippen molar-refractivity contribution in [3.63, 3.8) is 0 Å². The van der Waals surface area contributed by atoms with Crippen LogP contribution in [-0.2, 0) is 4.79 Å². The van der Waals surface area contributed by atoms with E-state index in [1.165, 1.54) is 42.8 Å². The Balaban J connectivity index is 1.90. The zero-order valence-electron chi connectivity index (χ0n) is 14.0. The van der Waals surface area contributed by atoms with E-state index in [2.05, 4.69) is 4.98 Å². The summed E-state index contributed by atoms with van der Waals surface area (Å²) in [7, 11) is 0. The third-order valence-electron chi connectivity index (χ3n) is 4.22. The monoisotopic (exact) mass is 397 g/mol. The predicted molar refractivity (Wildman–Crippen MR) is 98.1 cm³/mol. The fraction of sp³-hybridized carbons (Fsp3) is 0.0556. The highest BCUT2D eigenvalue weighted by Gasteiger charge is 2.46. The van der Waals surface area contributed by atoms with Crippen LogP contribution >= 0.6 is 11.3 Å². The van der Waals surface area contributed by atoms with E-state index in [1.807, 2.05) is 0 Å². The summed E-state index contributed by atoms with van der Waals surface area (Å²) >= 11 is 1.13. The van der Waals surface area contributed by atoms with Crippen LogP contribution in [0.5, 0.6) is 0 Å². The second kappa shape index (κ2) is 6.74. The summed E-state index contributed by atoms with van der Waals surface area (Å²) in [5.41, 5.74) is -0.146. The Labute approximate surface area is 161 Å². The van der Waals surface area contributed by atoms with Gasteiger partial charge in [0.2, 0.25) is 5.78 Å². The van der Waals surface area contributed by atoms with Gasteiger partial charge in [0.1, 0.15) is 0 Å². The number of nitro benzene ring substituents is 1. The van der Waals surface area contributed by atoms with Crippen LogP contribution in [0.4, 0.5) is 10.8 Å². The van der Waals surface area contributed by atoms with E-state index in [-0.39, 0.29) is 27.7 Å². The van der Waals surface area contributed by atoms with E-state index in [0.29, 0.717) is 0 Å². The van der Waals surface area contributed by atoms with Crippen LogP contribution in [0.15, 0.2) is 70.0 Å². The first-order chi connectivity index (χ1) is 13.5. The van der Waals surface area contributed by atoms with E-state index >= 15 is 0 Å². The second-order valence-electron chi connectivity index (χ2n) is 5.81. The highest BCUT2D eigenvalue weighted by atomic mass is 32.1. The predicted octanol–water partition coefficient (Wildman–Crippen LogP) is 3.43. The van der Waals surface area contributed by atoms with E-state index in [1.54, 1.807) is 11.4 Å². The lowest BCUT2D eigenvalue weighted by Crippen LogP contribution is -2.31. The van der Waals surface area contributed by atoms with Crippen LogP contribution in [0.25, 0.3) is 0 Å². The van der Waals surface area contributed by atoms with Gasteiger partial charge in [-0.05, 0) is 17.7 Å². The lowest BCUT2D eigenvalue weighted by atomic mass is 9.95. The van der Waals surface area contributed by atoms with Crippen LogP contribution in [0.3, 0.4) is 0 Å². The molecule has 0 spiro atoms. The maximum absolute atomic E-state index is 12.9. The number of aliphatic hydroxyl groups excluding tert-OH is 1. The summed E-state index contributed by atoms with van der Waals surface area (Å²) in [6, 6.07) is 7.36. The highest BCUT2D eigenvalue weighted by Crippen LogP contribution is 2.43. The van der Waals surface area contributed by atoms with Crippen molar-refractivity contribution in [1.29, 1.82) is 0 Å². The molecule has 1 aromatic carbocycles. The van der Waals surface area contributed by atoms with Gasteiger partial charge in [0, 0.05) is 23.7 Å². The topological polar surface area (TPSA) is 127 Å². The quantitative estimate of drug-likeness (QED) is 0.397. The van der Waals surface area contributed by atoms with Gasteiger partial charge in [-0.15, -0.1) is 11.3 Å². The molecule has 1 atom stereocenters. The number of amides is 1. The summed E-state index contributed by atoms with van der Waals surface area (Å²) in [6.45, 7) is 0. The molecule has 0 unspecified atom stereocenters. The molecule has 3 heterocycles. The Kier molecular flexibility index (Phi) is 4.24. The number of anilines is 1. The van der Waals surface area contributed by atoms with E-state index < -0.39 is 28.4 Å². The molecule has 3 aromatic rings. The molecule has 4 rings (SSSR count). The van der Waals surface area contributed by atoms with Crippen molar-refractivity contribution < 1.29 is 24.0 Å². The van der Waals surface area contributed by atoms with Gasteiger partial charge in [-0.1, -0.05) is 12.1 Å². The van der Waals surface area contributed by atoms with Crippen LogP contribution in [0, 0.1) is 10.1 Å². The number of nitro groups is 1. The molecule has 1 amide bonds. The van der Waals surface area contributed by atoms with E-state index in [0.717, 1.165) is 16.2 Å². The molecule has 0 radical (unpaired) electrons. The van der Waals surface area contributed by atoms with Gasteiger partial charge < -0.3 is 9.52 Å². The van der Waals surface area contributed by atoms with Crippen molar-refractivity contribution >= 4 is 33.8 Å². The van der Waals surface area contributed by atoms with Gasteiger partial charge in [0.25, 0.3) is 11.6 Å². The normalized spacial score (nSPS) is 16.6. The number of furan rings is 1. The van der Waals surface area contributed by atoms with Gasteiger partial charge in [-0.2, -0.15) is 0 Å². The van der Waals surface area contributed by atoms with Crippen molar-refractivity contribution in [3.8, 4) is 0 Å². The molecule has 1 aliphatic rings. The number of carbonyl (C=O) groups is 2. The van der Waals surface area contributed by atoms with Crippen LogP contribution < -0.4 is 4.90 Å². The SMILES string of the molecule is O=C(C1=C(O)C(=O)N(c2nccs2)[C@@H]1c1cccc([N+](=O)[O-])c1)c1ccco1. The Hall–Kier alpha value is -3.79. The summed E-state index contributed by atoms with van der Waals surface area (Å²) in [5.74, 6) is -2.31. The van der Waals surface area contributed by atoms with Gasteiger partial charge in [-0.25, -0.2) is 4.98 Å². The molecule has 10 heteroatoms. The van der Waals surface area contributed by atoms with Gasteiger partial charge >= 0.3 is 0 Å². The Morgan fingerprint density at radius 2 is 2.14 bits per heavy atom. The molecule has 0 saturated heterocycles. The van der Waals surface area contributed by atoms with Gasteiger partial charge in [0.15, 0.2) is 16.7 Å². The molecular weight excluding hydrogens is 386 g/mol. The number of hydrogen-bond acceptors (Lipinski definition) is 8. The zero-order chi connectivity index (χ0) is 19.8. The molecule has 28 heavy (non-hydrogen) atoms. The molecule has 9 nitrogen and oxygen atoms in total. The Morgan fingerprint density at radius 1 is 1.32 bits per heavy atom. The molecule has 0 fully saturated rings. The molecule has 0 aliphatic carbocycles. The first kappa shape index (κ1) is 17.6. The van der Waals surface area contributed by atoms with Crippen molar-refractivity contribution in [3.05, 3.63) is 87.0 Å². The van der Waals surface area contributed by atoms with E-state index in [4.69, 9.17) is 4.42 Å². The van der Waals surface area contributed by atoms with Crippen molar-refractivity contribution in [1.82, 2.24) is 4.98 Å². The summed E-state index contributed by atoms with van der Waals surface area (Å²) in [6.07, 6.45) is 2.77. The second-order valence-corrected chi connectivity index (χ2v) is 6.69. The van der Waals surface area contributed by atoms with E-state index in [9.17, 15) is 24.8 Å². The first-order valence-electron chi connectivity index (χ1n) is 7.97. The first-order valence-corrected chi connectivity index (χ1v) is 8.85. The molecule has 0 bridgehead atoms. The molecule has 140 valence electrons. The van der Waals surface area contributed by atoms with Crippen LogP contribution in [0.1, 0.15) is 22.2 Å². The number of aliphatic hydroxyl groups is 1. The molecule has 1 aliphatic heterocycles. The molecule has 0 saturated carbocycles. The lowest BCUT2D eigenvalue weighted by Gasteiger charge is -2.24. The third-order valence-corrected chi connectivity index (χ3v) is 4.99. The number of Topliss-reactive ketones (excluding diaryl/α,β-unsaturated/α-hetero) is 1. The average Bonchev–Trinajstić information content (AvgIpc) is 3.43. The van der Waals surface area contributed by atoms with Gasteiger partial charge in [-0.3, -0.25) is 24.6 Å². The minimum absolute atomic E-state index is 0.0641. The summed E-state index contributed by atoms with van der Waals surface area (Å²) in [4.78, 5) is 41.5. The van der Waals surface area contributed by atoms with Crippen LogP contribution in [0.2, 0.25) is 0 Å². The number of ketones is 1. The molecular formula is C18H11N3O6S. The standard InChI is InChI=1S/C18H11N3O6S/c22-15(12-5-2-7-27-12)13-14(10-3-1-4-11(9-10)21(25)26)20(17(24)16(13)23)18-19-6-8-28-18/h1-9,14,23H/t14-/m1/s1. The Morgan fingerprint density at radius 3 is 2.79 bits per heavy atom. The number of hydrogen-bond donors (Lipinski definition) is 1. The number of carbonyl (C=O) groups excluding carboxylic acids is 2. The van der Waals surface area contributed by atoms with Crippen molar-refractivity contribution in [2.24, 2.45) is 0 Å². The number of aromatic nitrogens is 1. The van der Waals surface area contributed by atoms with Gasteiger partial charge in [0.05, 0.1) is 22.8 Å². The molecule has 1 N–H and O–H groups in total. The fourth-order valence-electron chi connectivity index (χ4n) is 3.03. The highest BCUT2D eigenvalue weighted by molar-refractivity contribution is 7.13. The molecule has 2 aromatic heterocycles. The third kappa shape index (κ3) is 2.76. The van der Waals surface area contributed by atoms with Crippen LogP contribution in [-0.4, -0.2) is 26.7 Å². The maximum Gasteiger partial charge on any atom is 0.296 e.